The second-order valence-electron chi connectivity index (χ2n) is 5.10. The third-order valence-electron chi connectivity index (χ3n) is 3.18. The number of hydrogen-bond acceptors (Lipinski definition) is 5. The van der Waals surface area contributed by atoms with Crippen LogP contribution in [0.3, 0.4) is 0 Å². The first kappa shape index (κ1) is 17.2. The maximum atomic E-state index is 12.0. The fraction of sp³-hybridized carbons (Fsp3) is 0.312. The van der Waals surface area contributed by atoms with Gasteiger partial charge in [0.15, 0.2) is 0 Å². The number of aryl methyl sites for hydroxylation is 2. The van der Waals surface area contributed by atoms with Gasteiger partial charge in [0, 0.05) is 19.7 Å². The van der Waals surface area contributed by atoms with E-state index in [1.54, 1.807) is 13.2 Å². The number of carbonyl (C=O) groups excluding carboxylic acids is 1. The van der Waals surface area contributed by atoms with Gasteiger partial charge in [-0.1, -0.05) is 17.7 Å². The Morgan fingerprint density at radius 1 is 1.26 bits per heavy atom. The largest absolute Gasteiger partial charge is 0.383 e. The smallest absolute Gasteiger partial charge is 0.270 e. The lowest BCUT2D eigenvalue weighted by Gasteiger charge is -2.12. The van der Waals surface area contributed by atoms with Gasteiger partial charge >= 0.3 is 0 Å². The number of methoxy groups -OCH3 is 1. The summed E-state index contributed by atoms with van der Waals surface area (Å²) in [6.45, 7) is 4.81. The second kappa shape index (κ2) is 7.89. The number of carbonyl (C=O) groups is 1. The van der Waals surface area contributed by atoms with Crippen LogP contribution in [-0.4, -0.2) is 36.1 Å². The van der Waals surface area contributed by atoms with Gasteiger partial charge < -0.3 is 15.4 Å². The van der Waals surface area contributed by atoms with Crippen molar-refractivity contribution in [3.63, 3.8) is 0 Å². The van der Waals surface area contributed by atoms with Gasteiger partial charge in [-0.25, -0.2) is 9.97 Å². The monoisotopic (exact) mass is 334 g/mol. The third-order valence-corrected chi connectivity index (χ3v) is 3.47. The zero-order chi connectivity index (χ0) is 16.8. The Bertz CT molecular complexity index is 683. The van der Waals surface area contributed by atoms with Crippen molar-refractivity contribution < 1.29 is 9.53 Å². The van der Waals surface area contributed by atoms with E-state index in [4.69, 9.17) is 16.3 Å². The van der Waals surface area contributed by atoms with Crippen molar-refractivity contribution in [1.82, 2.24) is 15.3 Å². The highest BCUT2D eigenvalue weighted by molar-refractivity contribution is 6.33. The third kappa shape index (κ3) is 4.64. The number of halogens is 1. The topological polar surface area (TPSA) is 76.1 Å². The summed E-state index contributed by atoms with van der Waals surface area (Å²) in [4.78, 5) is 20.1. The molecule has 23 heavy (non-hydrogen) atoms. The predicted molar refractivity (Wildman–Crippen MR) is 90.4 cm³/mol. The summed E-state index contributed by atoms with van der Waals surface area (Å²) in [6.07, 6.45) is 1.34. The summed E-state index contributed by atoms with van der Waals surface area (Å²) in [5.41, 5.74) is 3.12. The van der Waals surface area contributed by atoms with Gasteiger partial charge in [0.05, 0.1) is 17.3 Å². The molecule has 2 N–H and O–H groups in total. The molecule has 0 saturated carbocycles. The molecule has 122 valence electrons. The minimum Gasteiger partial charge on any atom is -0.383 e. The van der Waals surface area contributed by atoms with E-state index in [9.17, 15) is 4.79 Å². The van der Waals surface area contributed by atoms with Gasteiger partial charge in [-0.2, -0.15) is 0 Å². The molecule has 0 fully saturated rings. The van der Waals surface area contributed by atoms with Crippen molar-refractivity contribution in [2.24, 2.45) is 0 Å². The van der Waals surface area contributed by atoms with Gasteiger partial charge in [-0.3, -0.25) is 4.79 Å². The first-order chi connectivity index (χ1) is 11.0. The lowest BCUT2D eigenvalue weighted by Crippen LogP contribution is -2.27. The Kier molecular flexibility index (Phi) is 5.90. The number of aromatic nitrogens is 2. The summed E-state index contributed by atoms with van der Waals surface area (Å²) in [5, 5.41) is 6.46. The van der Waals surface area contributed by atoms with Crippen LogP contribution in [0, 0.1) is 13.8 Å². The van der Waals surface area contributed by atoms with Gasteiger partial charge in [0.1, 0.15) is 17.8 Å². The predicted octanol–water partition coefficient (Wildman–Crippen LogP) is 2.87. The number of rotatable bonds is 6. The van der Waals surface area contributed by atoms with Crippen LogP contribution in [-0.2, 0) is 4.74 Å². The van der Waals surface area contributed by atoms with Crippen molar-refractivity contribution in [2.45, 2.75) is 13.8 Å². The number of nitrogens with one attached hydrogen (secondary N) is 2. The Balaban J connectivity index is 2.16. The normalized spacial score (nSPS) is 10.4. The number of amides is 1. The number of ether oxygens (including phenoxy) is 1. The zero-order valence-electron chi connectivity index (χ0n) is 13.3. The molecule has 1 amide bonds. The Hall–Kier alpha value is -2.18. The average Bonchev–Trinajstić information content (AvgIpc) is 2.51. The van der Waals surface area contributed by atoms with Crippen molar-refractivity contribution in [1.29, 1.82) is 0 Å². The van der Waals surface area contributed by atoms with Crippen molar-refractivity contribution in [2.75, 3.05) is 25.6 Å². The molecule has 0 unspecified atom stereocenters. The quantitative estimate of drug-likeness (QED) is 0.794. The van der Waals surface area contributed by atoms with Crippen LogP contribution >= 0.6 is 11.6 Å². The highest BCUT2D eigenvalue weighted by Crippen LogP contribution is 2.29. The van der Waals surface area contributed by atoms with Crippen molar-refractivity contribution in [3.8, 4) is 0 Å². The van der Waals surface area contributed by atoms with Gasteiger partial charge in [0.25, 0.3) is 5.91 Å². The molecule has 1 aromatic carbocycles. The van der Waals surface area contributed by atoms with Crippen LogP contribution in [0.25, 0.3) is 0 Å². The summed E-state index contributed by atoms with van der Waals surface area (Å²) < 4.78 is 4.89. The molecule has 1 aromatic heterocycles. The molecule has 0 aliphatic heterocycles. The molecule has 1 heterocycles. The summed E-state index contributed by atoms with van der Waals surface area (Å²) >= 11 is 6.27. The number of hydrogen-bond donors (Lipinski definition) is 2. The number of anilines is 2. The van der Waals surface area contributed by atoms with Crippen LogP contribution in [0.4, 0.5) is 11.5 Å². The molecule has 2 aromatic rings. The van der Waals surface area contributed by atoms with Crippen LogP contribution in [0.2, 0.25) is 5.02 Å². The van der Waals surface area contributed by atoms with E-state index in [1.165, 1.54) is 6.33 Å². The Morgan fingerprint density at radius 2 is 2.04 bits per heavy atom. The first-order valence-corrected chi connectivity index (χ1v) is 7.52. The van der Waals surface area contributed by atoms with Crippen molar-refractivity contribution >= 4 is 29.0 Å². The van der Waals surface area contributed by atoms with E-state index in [0.29, 0.717) is 24.0 Å². The van der Waals surface area contributed by atoms with Gasteiger partial charge in [0.2, 0.25) is 0 Å². The van der Waals surface area contributed by atoms with Crippen LogP contribution in [0.5, 0.6) is 0 Å². The minimum atomic E-state index is -0.278. The minimum absolute atomic E-state index is 0.277. The van der Waals surface area contributed by atoms with Gasteiger partial charge in [-0.15, -0.1) is 0 Å². The molecule has 0 aliphatic carbocycles. The summed E-state index contributed by atoms with van der Waals surface area (Å²) in [5.74, 6) is 0.227. The molecule has 0 bridgehead atoms. The molecular weight excluding hydrogens is 316 g/mol. The molecule has 6 nitrogen and oxygen atoms in total. The first-order valence-electron chi connectivity index (χ1n) is 7.14. The van der Waals surface area contributed by atoms with Gasteiger partial charge in [-0.05, 0) is 31.0 Å². The zero-order valence-corrected chi connectivity index (χ0v) is 14.1. The maximum absolute atomic E-state index is 12.0. The fourth-order valence-electron chi connectivity index (χ4n) is 2.11. The Morgan fingerprint density at radius 3 is 2.74 bits per heavy atom. The summed E-state index contributed by atoms with van der Waals surface area (Å²) in [7, 11) is 1.58. The SMILES string of the molecule is COCCNC(=O)c1cc(Nc2c(C)cc(C)cc2Cl)ncn1. The highest BCUT2D eigenvalue weighted by atomic mass is 35.5. The number of benzene rings is 1. The molecule has 0 aliphatic rings. The standard InChI is InChI=1S/C16H19ClN4O2/c1-10-6-11(2)15(12(17)7-10)21-14-8-13(19-9-20-14)16(22)18-4-5-23-3/h6-9H,4-5H2,1-3H3,(H,18,22)(H,19,20,21). The second-order valence-corrected chi connectivity index (χ2v) is 5.51. The van der Waals surface area contributed by atoms with Crippen LogP contribution in [0.1, 0.15) is 21.6 Å². The maximum Gasteiger partial charge on any atom is 0.270 e. The molecule has 0 spiro atoms. The Labute approximate surface area is 140 Å². The molecule has 2 rings (SSSR count). The lowest BCUT2D eigenvalue weighted by molar-refractivity contribution is 0.0932. The molecule has 7 heteroatoms. The van der Waals surface area contributed by atoms with Crippen LogP contribution < -0.4 is 10.6 Å². The van der Waals surface area contributed by atoms with Crippen molar-refractivity contribution in [3.05, 3.63) is 46.4 Å². The summed E-state index contributed by atoms with van der Waals surface area (Å²) in [6, 6.07) is 5.47. The van der Waals surface area contributed by atoms with E-state index in [2.05, 4.69) is 20.6 Å². The van der Waals surface area contributed by atoms with E-state index in [-0.39, 0.29) is 11.6 Å². The van der Waals surface area contributed by atoms with E-state index >= 15 is 0 Å². The van der Waals surface area contributed by atoms with E-state index in [1.807, 2.05) is 26.0 Å². The highest BCUT2D eigenvalue weighted by Gasteiger charge is 2.10. The van der Waals surface area contributed by atoms with E-state index < -0.39 is 0 Å². The molecule has 0 saturated heterocycles. The van der Waals surface area contributed by atoms with Crippen LogP contribution in [0.15, 0.2) is 24.5 Å². The number of nitrogens with zero attached hydrogens (tertiary/aromatic N) is 2. The lowest BCUT2D eigenvalue weighted by atomic mass is 10.1. The molecule has 0 radical (unpaired) electrons. The average molecular weight is 335 g/mol. The molecule has 0 atom stereocenters. The fourth-order valence-corrected chi connectivity index (χ4v) is 2.48. The molecular formula is C16H19ClN4O2. The van der Waals surface area contributed by atoms with E-state index in [0.717, 1.165) is 16.8 Å².